The van der Waals surface area contributed by atoms with Gasteiger partial charge in [0.1, 0.15) is 17.0 Å². The number of nitrogens with one attached hydrogen (secondary N) is 1. The Kier molecular flexibility index (Phi) is 5.57. The number of thiophene rings is 1. The molecule has 0 unspecified atom stereocenters. The second-order valence-corrected chi connectivity index (χ2v) is 8.42. The second kappa shape index (κ2) is 8.27. The molecule has 0 spiro atoms. The van der Waals surface area contributed by atoms with Gasteiger partial charge in [-0.1, -0.05) is 26.0 Å². The average Bonchev–Trinajstić information content (AvgIpc) is 3.18. The Hall–Kier alpha value is -2.47. The molecule has 6 heteroatoms. The van der Waals surface area contributed by atoms with Crippen LogP contribution in [0.25, 0.3) is 10.2 Å². The van der Waals surface area contributed by atoms with Gasteiger partial charge in [-0.3, -0.25) is 4.79 Å². The summed E-state index contributed by atoms with van der Waals surface area (Å²) in [5.74, 6) is 1.03. The molecular weight excluding hydrogens is 368 g/mol. The molecule has 1 saturated heterocycles. The maximum atomic E-state index is 12.8. The van der Waals surface area contributed by atoms with Gasteiger partial charge in [-0.15, -0.1) is 11.3 Å². The van der Waals surface area contributed by atoms with Gasteiger partial charge >= 0.3 is 0 Å². The van der Waals surface area contributed by atoms with Gasteiger partial charge in [-0.2, -0.15) is 0 Å². The van der Waals surface area contributed by atoms with E-state index in [4.69, 9.17) is 0 Å². The van der Waals surface area contributed by atoms with Crippen LogP contribution in [0, 0.1) is 5.92 Å². The number of hydrogen-bond acceptors (Lipinski definition) is 5. The van der Waals surface area contributed by atoms with Crippen molar-refractivity contribution in [3.05, 3.63) is 47.1 Å². The van der Waals surface area contributed by atoms with E-state index < -0.39 is 0 Å². The van der Waals surface area contributed by atoms with Gasteiger partial charge in [0.2, 0.25) is 5.91 Å². The normalized spacial score (nSPS) is 17.1. The van der Waals surface area contributed by atoms with Gasteiger partial charge in [0.15, 0.2) is 0 Å². The molecule has 3 heterocycles. The molecule has 146 valence electrons. The third-order valence-electron chi connectivity index (χ3n) is 5.43. The number of anilines is 2. The first-order valence-corrected chi connectivity index (χ1v) is 10.9. The molecule has 1 aliphatic heterocycles. The van der Waals surface area contributed by atoms with Crippen molar-refractivity contribution in [3.63, 3.8) is 0 Å². The van der Waals surface area contributed by atoms with Crippen LogP contribution in [-0.2, 0) is 17.6 Å². The average molecular weight is 395 g/mol. The van der Waals surface area contributed by atoms with Crippen molar-refractivity contribution in [2.75, 3.05) is 23.3 Å². The van der Waals surface area contributed by atoms with E-state index in [1.54, 1.807) is 17.7 Å². The van der Waals surface area contributed by atoms with Crippen molar-refractivity contribution in [2.24, 2.45) is 5.92 Å². The van der Waals surface area contributed by atoms with Gasteiger partial charge in [0, 0.05) is 23.7 Å². The summed E-state index contributed by atoms with van der Waals surface area (Å²) >= 11 is 1.73. The van der Waals surface area contributed by atoms with Crippen molar-refractivity contribution < 1.29 is 4.79 Å². The highest BCUT2D eigenvalue weighted by Crippen LogP contribution is 2.32. The number of hydrogen-bond donors (Lipinski definition) is 1. The molecule has 1 amide bonds. The minimum absolute atomic E-state index is 0.0334. The van der Waals surface area contributed by atoms with Crippen LogP contribution in [0.5, 0.6) is 0 Å². The monoisotopic (exact) mass is 394 g/mol. The minimum Gasteiger partial charge on any atom is -0.355 e. The molecule has 1 aromatic carbocycles. The van der Waals surface area contributed by atoms with Crippen LogP contribution >= 0.6 is 11.3 Å². The predicted molar refractivity (Wildman–Crippen MR) is 116 cm³/mol. The van der Waals surface area contributed by atoms with Crippen molar-refractivity contribution in [1.82, 2.24) is 9.97 Å². The molecule has 0 bridgehead atoms. The lowest BCUT2D eigenvalue weighted by molar-refractivity contribution is -0.120. The number of rotatable bonds is 5. The molecule has 3 aromatic rings. The third kappa shape index (κ3) is 3.87. The minimum atomic E-state index is -0.0334. The zero-order valence-electron chi connectivity index (χ0n) is 16.4. The van der Waals surface area contributed by atoms with E-state index in [1.165, 1.54) is 10.4 Å². The zero-order chi connectivity index (χ0) is 19.5. The van der Waals surface area contributed by atoms with E-state index in [0.717, 1.165) is 53.9 Å². The van der Waals surface area contributed by atoms with Gasteiger partial charge in [0.25, 0.3) is 0 Å². The molecule has 1 aliphatic rings. The summed E-state index contributed by atoms with van der Waals surface area (Å²) in [7, 11) is 0. The lowest BCUT2D eigenvalue weighted by Gasteiger charge is -2.33. The highest BCUT2D eigenvalue weighted by Gasteiger charge is 2.28. The third-order valence-corrected chi connectivity index (χ3v) is 6.62. The molecule has 4 rings (SSSR count). The summed E-state index contributed by atoms with van der Waals surface area (Å²) in [5, 5.41) is 4.20. The van der Waals surface area contributed by atoms with Crippen molar-refractivity contribution in [1.29, 1.82) is 0 Å². The Labute approximate surface area is 169 Å². The topological polar surface area (TPSA) is 58.1 Å². The van der Waals surface area contributed by atoms with Crippen LogP contribution in [-0.4, -0.2) is 29.0 Å². The highest BCUT2D eigenvalue weighted by atomic mass is 32.1. The first-order valence-electron chi connectivity index (χ1n) is 10.1. The number of amides is 1. The maximum absolute atomic E-state index is 12.8. The molecule has 0 saturated carbocycles. The number of aromatic nitrogens is 2. The quantitative estimate of drug-likeness (QED) is 0.683. The summed E-state index contributed by atoms with van der Waals surface area (Å²) < 4.78 is 0. The number of benzene rings is 1. The number of fused-ring (bicyclic) bond motifs is 1. The summed E-state index contributed by atoms with van der Waals surface area (Å²) in [5.41, 5.74) is 2.14. The zero-order valence-corrected chi connectivity index (χ0v) is 17.3. The Morgan fingerprint density at radius 2 is 2.04 bits per heavy atom. The van der Waals surface area contributed by atoms with Gasteiger partial charge in [-0.05, 0) is 49.4 Å². The Morgan fingerprint density at radius 1 is 1.21 bits per heavy atom. The summed E-state index contributed by atoms with van der Waals surface area (Å²) in [4.78, 5) is 26.4. The van der Waals surface area contributed by atoms with Crippen LogP contribution in [0.1, 0.15) is 37.1 Å². The lowest BCUT2D eigenvalue weighted by atomic mass is 9.96. The Bertz CT molecular complexity index is 966. The Morgan fingerprint density at radius 3 is 2.79 bits per heavy atom. The van der Waals surface area contributed by atoms with Crippen LogP contribution in [0.4, 0.5) is 11.5 Å². The summed E-state index contributed by atoms with van der Waals surface area (Å²) in [6.45, 7) is 5.91. The number of piperidine rings is 1. The van der Waals surface area contributed by atoms with Crippen molar-refractivity contribution >= 4 is 39.0 Å². The van der Waals surface area contributed by atoms with Gasteiger partial charge in [-0.25, -0.2) is 9.97 Å². The summed E-state index contributed by atoms with van der Waals surface area (Å²) in [6.07, 6.45) is 5.55. The number of nitrogens with zero attached hydrogens (tertiary/aromatic N) is 3. The first kappa shape index (κ1) is 18.9. The molecule has 1 fully saturated rings. The van der Waals surface area contributed by atoms with Crippen LogP contribution in [0.3, 0.4) is 0 Å². The second-order valence-electron chi connectivity index (χ2n) is 7.31. The lowest BCUT2D eigenvalue weighted by Crippen LogP contribution is -2.41. The summed E-state index contributed by atoms with van der Waals surface area (Å²) in [6, 6.07) is 10.3. The van der Waals surface area contributed by atoms with E-state index in [0.29, 0.717) is 6.54 Å². The number of carbonyl (C=O) groups is 1. The highest BCUT2D eigenvalue weighted by molar-refractivity contribution is 7.18. The molecule has 1 atom stereocenters. The van der Waals surface area contributed by atoms with E-state index in [9.17, 15) is 4.79 Å². The van der Waals surface area contributed by atoms with Crippen LogP contribution in [0.15, 0.2) is 36.7 Å². The van der Waals surface area contributed by atoms with E-state index in [-0.39, 0.29) is 11.8 Å². The molecule has 5 nitrogen and oxygen atoms in total. The van der Waals surface area contributed by atoms with Crippen molar-refractivity contribution in [3.8, 4) is 0 Å². The molecule has 0 aliphatic carbocycles. The van der Waals surface area contributed by atoms with E-state index >= 15 is 0 Å². The van der Waals surface area contributed by atoms with Crippen molar-refractivity contribution in [2.45, 2.75) is 39.5 Å². The first-order chi connectivity index (χ1) is 13.7. The fraction of sp³-hybridized carbons (Fsp3) is 0.409. The fourth-order valence-corrected chi connectivity index (χ4v) is 4.70. The SMILES string of the molecule is CCc1ccc(NC(=O)[C@@H]2CCCN(c3ncnc4sc(CC)cc34)C2)cc1. The molecular formula is C22H26N4OS. The molecule has 1 N–H and O–H groups in total. The smallest absolute Gasteiger partial charge is 0.229 e. The fourth-order valence-electron chi connectivity index (χ4n) is 3.77. The molecule has 2 aromatic heterocycles. The largest absolute Gasteiger partial charge is 0.355 e. The predicted octanol–water partition coefficient (Wildman–Crippen LogP) is 4.67. The van der Waals surface area contributed by atoms with E-state index in [2.05, 4.69) is 52.2 Å². The van der Waals surface area contributed by atoms with Crippen LogP contribution < -0.4 is 10.2 Å². The van der Waals surface area contributed by atoms with Gasteiger partial charge < -0.3 is 10.2 Å². The van der Waals surface area contributed by atoms with Crippen LogP contribution in [0.2, 0.25) is 0 Å². The Balaban J connectivity index is 1.49. The van der Waals surface area contributed by atoms with Gasteiger partial charge in [0.05, 0.1) is 11.3 Å². The number of aryl methyl sites for hydroxylation is 2. The standard InChI is InChI=1S/C22H26N4OS/c1-3-15-7-9-17(10-8-15)25-21(27)16-6-5-11-26(13-16)20-19-12-18(4-2)28-22(19)24-14-23-20/h7-10,12,14,16H,3-6,11,13H2,1-2H3,(H,25,27)/t16-/m1/s1. The molecule has 0 radical (unpaired) electrons. The van der Waals surface area contributed by atoms with E-state index in [1.807, 2.05) is 12.1 Å². The molecule has 28 heavy (non-hydrogen) atoms. The maximum Gasteiger partial charge on any atom is 0.229 e. The number of carbonyl (C=O) groups excluding carboxylic acids is 1.